The van der Waals surface area contributed by atoms with Crippen molar-refractivity contribution in [1.29, 1.82) is 0 Å². The number of carbonyl (C=O) groups is 3. The highest BCUT2D eigenvalue weighted by atomic mass is 32.1. The van der Waals surface area contributed by atoms with Crippen LogP contribution in [-0.2, 0) is 11.3 Å². The Kier molecular flexibility index (Phi) is 8.26. The van der Waals surface area contributed by atoms with Gasteiger partial charge in [0, 0.05) is 12.2 Å². The number of nitrogens with one attached hydrogen (secondary N) is 1. The lowest BCUT2D eigenvalue weighted by Crippen LogP contribution is -2.44. The van der Waals surface area contributed by atoms with Gasteiger partial charge in [-0.25, -0.2) is 0 Å². The number of aryl methyl sites for hydroxylation is 1. The Morgan fingerprint density at radius 1 is 1.00 bits per heavy atom. The minimum Gasteiger partial charge on any atom is -0.497 e. The lowest BCUT2D eigenvalue weighted by molar-refractivity contribution is -0.122. The maximum atomic E-state index is 14.2. The van der Waals surface area contributed by atoms with Gasteiger partial charge >= 0.3 is 0 Å². The highest BCUT2D eigenvalue weighted by Gasteiger charge is 2.36. The topological polar surface area (TPSA) is 141 Å². The van der Waals surface area contributed by atoms with Crippen molar-refractivity contribution in [2.24, 2.45) is 5.73 Å². The lowest BCUT2D eigenvalue weighted by Gasteiger charge is -2.33. The normalized spacial score (nSPS) is 11.5. The van der Waals surface area contributed by atoms with Gasteiger partial charge in [0.2, 0.25) is 5.91 Å². The minimum atomic E-state index is -1.09. The van der Waals surface area contributed by atoms with Crippen molar-refractivity contribution in [3.63, 3.8) is 0 Å². The van der Waals surface area contributed by atoms with Gasteiger partial charge in [0.25, 0.3) is 11.8 Å². The highest BCUT2D eigenvalue weighted by molar-refractivity contribution is 7.09. The van der Waals surface area contributed by atoms with Gasteiger partial charge in [-0.05, 0) is 65.8 Å². The molecule has 1 heterocycles. The second kappa shape index (κ2) is 11.8. The molecule has 0 radical (unpaired) electrons. The number of rotatable bonds is 9. The van der Waals surface area contributed by atoms with E-state index in [1.807, 2.05) is 56.3 Å². The minimum absolute atomic E-state index is 0.0130. The molecule has 4 aromatic rings. The number of hydrogen-bond acceptors (Lipinski definition) is 7. The predicted molar refractivity (Wildman–Crippen MR) is 152 cm³/mol. The fourth-order valence-corrected chi connectivity index (χ4v) is 4.93. The van der Waals surface area contributed by atoms with Crippen molar-refractivity contribution in [2.75, 3.05) is 17.7 Å². The van der Waals surface area contributed by atoms with Crippen molar-refractivity contribution in [1.82, 2.24) is 9.69 Å². The van der Waals surface area contributed by atoms with Crippen molar-refractivity contribution < 1.29 is 19.1 Å². The average molecular weight is 544 g/mol. The molecule has 39 heavy (non-hydrogen) atoms. The van der Waals surface area contributed by atoms with E-state index in [0.717, 1.165) is 28.2 Å². The summed E-state index contributed by atoms with van der Waals surface area (Å²) in [4.78, 5) is 41.4. The first-order chi connectivity index (χ1) is 18.7. The first-order valence-electron chi connectivity index (χ1n) is 12.1. The Morgan fingerprint density at radius 2 is 1.69 bits per heavy atom. The van der Waals surface area contributed by atoms with Crippen molar-refractivity contribution >= 4 is 40.6 Å². The Labute approximate surface area is 230 Å². The van der Waals surface area contributed by atoms with E-state index in [0.29, 0.717) is 17.0 Å². The fourth-order valence-electron chi connectivity index (χ4n) is 4.19. The van der Waals surface area contributed by atoms with E-state index in [9.17, 15) is 14.4 Å². The molecule has 5 N–H and O–H groups in total. The van der Waals surface area contributed by atoms with Gasteiger partial charge in [-0.2, -0.15) is 4.37 Å². The first kappa shape index (κ1) is 27.3. The molecule has 3 aromatic carbocycles. The van der Waals surface area contributed by atoms with E-state index in [4.69, 9.17) is 16.2 Å². The number of benzene rings is 3. The summed E-state index contributed by atoms with van der Waals surface area (Å²) in [5.41, 5.74) is 15.0. The molecule has 0 aliphatic carbocycles. The molecule has 0 fully saturated rings. The number of nitrogens with zero attached hydrogens (tertiary/aromatic N) is 2. The standard InChI is InChI=1S/C29H29N5O4S/c1-17-8-7-11-22(18(17)2)34(29(37)26-23(30)24(27(31)35)33-39-26)25(20-12-14-21(38-3)15-13-20)28(36)32-16-19-9-5-4-6-10-19/h4-15,25H,16,30H2,1-3H3,(H2,31,35)(H,32,36). The van der Waals surface area contributed by atoms with Crippen LogP contribution < -0.4 is 26.4 Å². The monoisotopic (exact) mass is 543 g/mol. The molecule has 0 saturated carbocycles. The van der Waals surface area contributed by atoms with Gasteiger partial charge in [-0.1, -0.05) is 54.6 Å². The molecule has 1 aromatic heterocycles. The first-order valence-corrected chi connectivity index (χ1v) is 12.9. The van der Waals surface area contributed by atoms with E-state index < -0.39 is 23.8 Å². The van der Waals surface area contributed by atoms with E-state index in [1.165, 1.54) is 4.90 Å². The molecule has 1 unspecified atom stereocenters. The molecule has 4 rings (SSSR count). The molecule has 9 nitrogen and oxygen atoms in total. The number of carbonyl (C=O) groups excluding carboxylic acids is 3. The quantitative estimate of drug-likeness (QED) is 0.290. The molecule has 200 valence electrons. The van der Waals surface area contributed by atoms with Gasteiger partial charge in [0.15, 0.2) is 5.69 Å². The van der Waals surface area contributed by atoms with Gasteiger partial charge in [-0.3, -0.25) is 19.3 Å². The second-order valence-corrected chi connectivity index (χ2v) is 9.68. The van der Waals surface area contributed by atoms with Crippen LogP contribution >= 0.6 is 11.5 Å². The third-order valence-electron chi connectivity index (χ3n) is 6.46. The number of methoxy groups -OCH3 is 1. The molecule has 0 bridgehead atoms. The molecule has 10 heteroatoms. The summed E-state index contributed by atoms with van der Waals surface area (Å²) in [6.45, 7) is 4.06. The van der Waals surface area contributed by atoms with Crippen LogP contribution in [0.1, 0.15) is 48.5 Å². The zero-order chi connectivity index (χ0) is 28.1. The largest absolute Gasteiger partial charge is 0.497 e. The third kappa shape index (κ3) is 5.75. The van der Waals surface area contributed by atoms with Crippen LogP contribution in [0.3, 0.4) is 0 Å². The summed E-state index contributed by atoms with van der Waals surface area (Å²) in [5.74, 6) is -1.23. The van der Waals surface area contributed by atoms with E-state index in [1.54, 1.807) is 37.4 Å². The van der Waals surface area contributed by atoms with Crippen LogP contribution in [0.15, 0.2) is 72.8 Å². The molecule has 0 spiro atoms. The van der Waals surface area contributed by atoms with Crippen molar-refractivity contribution in [3.05, 3.63) is 106 Å². The average Bonchev–Trinajstić information content (AvgIpc) is 3.34. The molecule has 0 aliphatic heterocycles. The highest BCUT2D eigenvalue weighted by Crippen LogP contribution is 2.36. The summed E-state index contributed by atoms with van der Waals surface area (Å²) in [6.07, 6.45) is 0. The molecule has 1 atom stereocenters. The van der Waals surface area contributed by atoms with Gasteiger partial charge < -0.3 is 21.5 Å². The molecular formula is C29H29N5O4S. The number of primary amides is 1. The van der Waals surface area contributed by atoms with E-state index in [2.05, 4.69) is 9.69 Å². The number of amides is 3. The van der Waals surface area contributed by atoms with Gasteiger partial charge in [0.05, 0.1) is 12.8 Å². The van der Waals surface area contributed by atoms with Crippen molar-refractivity contribution in [3.8, 4) is 5.75 Å². The fraction of sp³-hybridized carbons (Fsp3) is 0.172. The number of anilines is 2. The molecular weight excluding hydrogens is 514 g/mol. The molecule has 0 aliphatic rings. The third-order valence-corrected chi connectivity index (χ3v) is 7.31. The van der Waals surface area contributed by atoms with E-state index in [-0.39, 0.29) is 22.8 Å². The second-order valence-electron chi connectivity index (χ2n) is 8.91. The summed E-state index contributed by atoms with van der Waals surface area (Å²) in [5, 5.41) is 2.97. The Bertz CT molecular complexity index is 1500. The summed E-state index contributed by atoms with van der Waals surface area (Å²) < 4.78 is 9.31. The van der Waals surface area contributed by atoms with Crippen LogP contribution in [-0.4, -0.2) is 29.2 Å². The maximum absolute atomic E-state index is 14.2. The van der Waals surface area contributed by atoms with Gasteiger partial charge in [0.1, 0.15) is 16.7 Å². The van der Waals surface area contributed by atoms with Crippen LogP contribution in [0.5, 0.6) is 5.75 Å². The number of hydrogen-bond donors (Lipinski definition) is 3. The van der Waals surface area contributed by atoms with Gasteiger partial charge in [-0.15, -0.1) is 0 Å². The Balaban J connectivity index is 1.87. The summed E-state index contributed by atoms with van der Waals surface area (Å²) in [7, 11) is 1.55. The van der Waals surface area contributed by atoms with Crippen LogP contribution in [0.4, 0.5) is 11.4 Å². The number of nitrogen functional groups attached to an aromatic ring is 1. The van der Waals surface area contributed by atoms with E-state index >= 15 is 0 Å². The van der Waals surface area contributed by atoms with Crippen LogP contribution in [0.25, 0.3) is 0 Å². The summed E-state index contributed by atoms with van der Waals surface area (Å²) >= 11 is 0.768. The van der Waals surface area contributed by atoms with Crippen molar-refractivity contribution in [2.45, 2.75) is 26.4 Å². The summed E-state index contributed by atoms with van der Waals surface area (Å²) in [6, 6.07) is 20.8. The zero-order valence-electron chi connectivity index (χ0n) is 21.8. The Hall–Kier alpha value is -4.70. The number of aromatic nitrogens is 1. The van der Waals surface area contributed by atoms with Crippen LogP contribution in [0.2, 0.25) is 0 Å². The Morgan fingerprint density at radius 3 is 2.31 bits per heavy atom. The number of ether oxygens (including phenoxy) is 1. The zero-order valence-corrected chi connectivity index (χ0v) is 22.6. The predicted octanol–water partition coefficient (Wildman–Crippen LogP) is 4.15. The number of nitrogens with two attached hydrogens (primary N) is 2. The maximum Gasteiger partial charge on any atom is 0.273 e. The molecule has 3 amide bonds. The smallest absolute Gasteiger partial charge is 0.273 e. The lowest BCUT2D eigenvalue weighted by atomic mass is 9.99. The molecule has 0 saturated heterocycles. The SMILES string of the molecule is COc1ccc(C(C(=O)NCc2ccccc2)N(C(=O)c2snc(C(N)=O)c2N)c2cccc(C)c2C)cc1. The van der Waals surface area contributed by atoms with Crippen LogP contribution in [0, 0.1) is 13.8 Å².